The molecule has 0 saturated carbocycles. The minimum absolute atomic E-state index is 0.0557. The van der Waals surface area contributed by atoms with Crippen LogP contribution < -0.4 is 4.72 Å². The molecule has 21 heavy (non-hydrogen) atoms. The van der Waals surface area contributed by atoms with Crippen molar-refractivity contribution in [3.63, 3.8) is 0 Å². The van der Waals surface area contributed by atoms with E-state index < -0.39 is 10.0 Å². The van der Waals surface area contributed by atoms with Crippen molar-refractivity contribution in [3.8, 4) is 0 Å². The summed E-state index contributed by atoms with van der Waals surface area (Å²) in [5, 5.41) is 7.63. The molecular formula is C14H14N4O2S. The van der Waals surface area contributed by atoms with Crippen molar-refractivity contribution >= 4 is 21.4 Å². The highest BCUT2D eigenvalue weighted by Gasteiger charge is 2.13. The molecule has 0 atom stereocenters. The smallest absolute Gasteiger partial charge is 0.236 e. The fourth-order valence-electron chi connectivity index (χ4n) is 2.08. The van der Waals surface area contributed by atoms with Crippen LogP contribution in [0.15, 0.2) is 48.9 Å². The predicted octanol–water partition coefficient (Wildman–Crippen LogP) is 1.98. The lowest BCUT2D eigenvalue weighted by molar-refractivity contribution is 0.600. The van der Waals surface area contributed by atoms with E-state index in [1.165, 1.54) is 6.33 Å². The van der Waals surface area contributed by atoms with E-state index in [9.17, 15) is 8.42 Å². The lowest BCUT2D eigenvalue weighted by atomic mass is 10.1. The van der Waals surface area contributed by atoms with Crippen molar-refractivity contribution in [2.75, 3.05) is 4.72 Å². The molecule has 0 aliphatic carbocycles. The van der Waals surface area contributed by atoms with E-state index in [-0.39, 0.29) is 5.75 Å². The molecule has 108 valence electrons. The quantitative estimate of drug-likeness (QED) is 0.799. The number of pyridine rings is 1. The van der Waals surface area contributed by atoms with E-state index in [1.54, 1.807) is 22.7 Å². The van der Waals surface area contributed by atoms with Gasteiger partial charge in [0.2, 0.25) is 10.0 Å². The van der Waals surface area contributed by atoms with Gasteiger partial charge in [-0.05, 0) is 30.2 Å². The van der Waals surface area contributed by atoms with Crippen LogP contribution in [0.25, 0.3) is 5.65 Å². The highest BCUT2D eigenvalue weighted by atomic mass is 32.2. The average Bonchev–Trinajstić information content (AvgIpc) is 2.88. The van der Waals surface area contributed by atoms with Crippen LogP contribution >= 0.6 is 0 Å². The Balaban J connectivity index is 1.84. The summed E-state index contributed by atoms with van der Waals surface area (Å²) in [5.41, 5.74) is 2.89. The number of nitrogens with one attached hydrogen (secondary N) is 1. The second-order valence-corrected chi connectivity index (χ2v) is 6.52. The number of hydrogen-bond donors (Lipinski definition) is 1. The van der Waals surface area contributed by atoms with Crippen molar-refractivity contribution < 1.29 is 8.42 Å². The average molecular weight is 302 g/mol. The number of sulfonamides is 1. The van der Waals surface area contributed by atoms with Gasteiger partial charge in [0.05, 0.1) is 11.4 Å². The van der Waals surface area contributed by atoms with Gasteiger partial charge in [0.1, 0.15) is 6.33 Å². The molecule has 0 amide bonds. The molecule has 1 N–H and O–H groups in total. The highest BCUT2D eigenvalue weighted by molar-refractivity contribution is 7.91. The summed E-state index contributed by atoms with van der Waals surface area (Å²) in [4.78, 5) is 0. The first-order valence-electron chi connectivity index (χ1n) is 6.38. The Labute approximate surface area is 122 Å². The van der Waals surface area contributed by atoms with E-state index in [0.29, 0.717) is 11.3 Å². The zero-order chi connectivity index (χ0) is 14.9. The standard InChI is InChI=1S/C14H14N4O2S/c1-11-4-2-3-5-12(11)9-21(19,20)17-13-6-7-14-16-15-10-18(14)8-13/h2-8,10,17H,9H2,1H3. The molecular weight excluding hydrogens is 288 g/mol. The fraction of sp³-hybridized carbons (Fsp3) is 0.143. The van der Waals surface area contributed by atoms with Crippen LogP contribution in [-0.4, -0.2) is 23.0 Å². The van der Waals surface area contributed by atoms with E-state index >= 15 is 0 Å². The Kier molecular flexibility index (Phi) is 3.34. The lowest BCUT2D eigenvalue weighted by Crippen LogP contribution is -2.16. The second-order valence-electron chi connectivity index (χ2n) is 4.80. The van der Waals surface area contributed by atoms with Gasteiger partial charge in [0.25, 0.3) is 0 Å². The number of anilines is 1. The van der Waals surface area contributed by atoms with Crippen molar-refractivity contribution in [1.29, 1.82) is 0 Å². The van der Waals surface area contributed by atoms with Gasteiger partial charge in [-0.25, -0.2) is 8.42 Å². The minimum atomic E-state index is -3.47. The summed E-state index contributed by atoms with van der Waals surface area (Å²) in [6.45, 7) is 1.90. The molecule has 2 heterocycles. The Morgan fingerprint density at radius 3 is 2.81 bits per heavy atom. The minimum Gasteiger partial charge on any atom is -0.287 e. The molecule has 0 fully saturated rings. The zero-order valence-corrected chi connectivity index (χ0v) is 12.2. The van der Waals surface area contributed by atoms with Crippen LogP contribution in [-0.2, 0) is 15.8 Å². The maximum atomic E-state index is 12.2. The number of aryl methyl sites for hydroxylation is 1. The van der Waals surface area contributed by atoms with Gasteiger partial charge in [-0.3, -0.25) is 9.12 Å². The monoisotopic (exact) mass is 302 g/mol. The summed E-state index contributed by atoms with van der Waals surface area (Å²) in [6.07, 6.45) is 3.17. The topological polar surface area (TPSA) is 76.4 Å². The van der Waals surface area contributed by atoms with E-state index in [1.807, 2.05) is 31.2 Å². The first kappa shape index (κ1) is 13.6. The van der Waals surface area contributed by atoms with Crippen LogP contribution in [0.5, 0.6) is 0 Å². The first-order valence-corrected chi connectivity index (χ1v) is 8.03. The number of fused-ring (bicyclic) bond motifs is 1. The molecule has 0 spiro atoms. The molecule has 1 aromatic carbocycles. The molecule has 0 unspecified atom stereocenters. The molecule has 0 aliphatic heterocycles. The van der Waals surface area contributed by atoms with Gasteiger partial charge in [-0.15, -0.1) is 10.2 Å². The maximum Gasteiger partial charge on any atom is 0.236 e. The third kappa shape index (κ3) is 3.03. The SMILES string of the molecule is Cc1ccccc1CS(=O)(=O)Nc1ccc2nncn2c1. The predicted molar refractivity (Wildman–Crippen MR) is 80.4 cm³/mol. The molecule has 0 bridgehead atoms. The number of nitrogens with zero attached hydrogens (tertiary/aromatic N) is 3. The third-order valence-corrected chi connectivity index (χ3v) is 4.41. The maximum absolute atomic E-state index is 12.2. The van der Waals surface area contributed by atoms with Gasteiger partial charge < -0.3 is 0 Å². The van der Waals surface area contributed by atoms with Crippen LogP contribution in [0.4, 0.5) is 5.69 Å². The van der Waals surface area contributed by atoms with Gasteiger partial charge in [-0.2, -0.15) is 0 Å². The molecule has 3 rings (SSSR count). The summed E-state index contributed by atoms with van der Waals surface area (Å²) < 4.78 is 28.7. The van der Waals surface area contributed by atoms with Crippen LogP contribution in [0.2, 0.25) is 0 Å². The van der Waals surface area contributed by atoms with Crippen molar-refractivity contribution in [1.82, 2.24) is 14.6 Å². The zero-order valence-electron chi connectivity index (χ0n) is 11.4. The number of aromatic nitrogens is 3. The summed E-state index contributed by atoms with van der Waals surface area (Å²) in [6, 6.07) is 10.8. The summed E-state index contributed by atoms with van der Waals surface area (Å²) >= 11 is 0. The number of rotatable bonds is 4. The Morgan fingerprint density at radius 1 is 1.19 bits per heavy atom. The van der Waals surface area contributed by atoms with Gasteiger partial charge in [0, 0.05) is 6.20 Å². The molecule has 0 radical (unpaired) electrons. The van der Waals surface area contributed by atoms with Gasteiger partial charge in [-0.1, -0.05) is 24.3 Å². The molecule has 3 aromatic rings. The lowest BCUT2D eigenvalue weighted by Gasteiger charge is -2.10. The Morgan fingerprint density at radius 2 is 2.00 bits per heavy atom. The molecule has 0 saturated heterocycles. The summed E-state index contributed by atoms with van der Waals surface area (Å²) in [7, 11) is -3.47. The number of hydrogen-bond acceptors (Lipinski definition) is 4. The second kappa shape index (κ2) is 5.17. The normalized spacial score (nSPS) is 11.7. The van der Waals surface area contributed by atoms with Gasteiger partial charge in [0.15, 0.2) is 5.65 Å². The molecule has 0 aliphatic rings. The van der Waals surface area contributed by atoms with Crippen molar-refractivity contribution in [2.24, 2.45) is 0 Å². The summed E-state index contributed by atoms with van der Waals surface area (Å²) in [5.74, 6) is -0.0557. The van der Waals surface area contributed by atoms with Crippen molar-refractivity contribution in [3.05, 3.63) is 60.0 Å². The van der Waals surface area contributed by atoms with Crippen LogP contribution in [0.3, 0.4) is 0 Å². The molecule has 7 heteroatoms. The third-order valence-electron chi connectivity index (χ3n) is 3.17. The van der Waals surface area contributed by atoms with Crippen LogP contribution in [0, 0.1) is 6.92 Å². The largest absolute Gasteiger partial charge is 0.287 e. The van der Waals surface area contributed by atoms with E-state index in [2.05, 4.69) is 14.9 Å². The van der Waals surface area contributed by atoms with E-state index in [4.69, 9.17) is 0 Å². The fourth-order valence-corrected chi connectivity index (χ4v) is 3.37. The van der Waals surface area contributed by atoms with E-state index in [0.717, 1.165) is 11.1 Å². The molecule has 6 nitrogen and oxygen atoms in total. The highest BCUT2D eigenvalue weighted by Crippen LogP contribution is 2.15. The molecule has 2 aromatic heterocycles. The van der Waals surface area contributed by atoms with Crippen molar-refractivity contribution in [2.45, 2.75) is 12.7 Å². The number of benzene rings is 1. The Hall–Kier alpha value is -2.41. The van der Waals surface area contributed by atoms with Crippen LogP contribution in [0.1, 0.15) is 11.1 Å². The first-order chi connectivity index (χ1) is 10.0. The van der Waals surface area contributed by atoms with Gasteiger partial charge >= 0.3 is 0 Å². The Bertz CT molecular complexity index is 887.